The Bertz CT molecular complexity index is 746. The van der Waals surface area contributed by atoms with Crippen LogP contribution in [0, 0.1) is 6.92 Å². The zero-order valence-electron chi connectivity index (χ0n) is 14.6. The Morgan fingerprint density at radius 1 is 1.12 bits per heavy atom. The van der Waals surface area contributed by atoms with Gasteiger partial charge in [-0.2, -0.15) is 0 Å². The minimum Gasteiger partial charge on any atom is -0.352 e. The van der Waals surface area contributed by atoms with Crippen molar-refractivity contribution in [2.24, 2.45) is 0 Å². The van der Waals surface area contributed by atoms with E-state index in [1.54, 1.807) is 11.0 Å². The van der Waals surface area contributed by atoms with Gasteiger partial charge in [-0.05, 0) is 24.1 Å². The summed E-state index contributed by atoms with van der Waals surface area (Å²) >= 11 is 6.08. The lowest BCUT2D eigenvalue weighted by atomic mass is 10.1. The van der Waals surface area contributed by atoms with Crippen molar-refractivity contribution < 1.29 is 9.59 Å². The van der Waals surface area contributed by atoms with Gasteiger partial charge in [-0.3, -0.25) is 9.59 Å². The monoisotopic (exact) mass is 358 g/mol. The van der Waals surface area contributed by atoms with Gasteiger partial charge in [-0.15, -0.1) is 0 Å². The molecule has 0 aliphatic rings. The minimum atomic E-state index is -0.101. The summed E-state index contributed by atoms with van der Waals surface area (Å²) in [4.78, 5) is 25.6. The molecule has 5 heteroatoms. The summed E-state index contributed by atoms with van der Waals surface area (Å²) in [6.07, 6.45) is 0.260. The molecule has 4 nitrogen and oxygen atoms in total. The van der Waals surface area contributed by atoms with E-state index < -0.39 is 0 Å². The van der Waals surface area contributed by atoms with Gasteiger partial charge in [0, 0.05) is 38.0 Å². The van der Waals surface area contributed by atoms with Gasteiger partial charge in [0.2, 0.25) is 11.8 Å². The quantitative estimate of drug-likeness (QED) is 0.820. The minimum absolute atomic E-state index is 0.0413. The fourth-order valence-electron chi connectivity index (χ4n) is 2.54. The first-order valence-electron chi connectivity index (χ1n) is 8.27. The molecular formula is C20H23ClN2O2. The molecule has 0 spiro atoms. The molecule has 132 valence electrons. The number of carbonyl (C=O) groups is 2. The van der Waals surface area contributed by atoms with E-state index in [9.17, 15) is 9.59 Å². The van der Waals surface area contributed by atoms with E-state index in [1.807, 2.05) is 49.4 Å². The molecule has 25 heavy (non-hydrogen) atoms. The van der Waals surface area contributed by atoms with Crippen molar-refractivity contribution in [2.45, 2.75) is 33.4 Å². The summed E-state index contributed by atoms with van der Waals surface area (Å²) in [6, 6.07) is 15.4. The van der Waals surface area contributed by atoms with E-state index in [2.05, 4.69) is 5.32 Å². The number of hydrogen-bond donors (Lipinski definition) is 1. The van der Waals surface area contributed by atoms with Crippen molar-refractivity contribution in [3.8, 4) is 0 Å². The molecule has 2 amide bonds. The second-order valence-electron chi connectivity index (χ2n) is 6.05. The Morgan fingerprint density at radius 2 is 1.88 bits per heavy atom. The van der Waals surface area contributed by atoms with Crippen LogP contribution in [-0.4, -0.2) is 23.3 Å². The third-order valence-electron chi connectivity index (χ3n) is 3.94. The van der Waals surface area contributed by atoms with Gasteiger partial charge in [-0.1, -0.05) is 59.6 Å². The fraction of sp³-hybridized carbons (Fsp3) is 0.300. The number of hydrogen-bond acceptors (Lipinski definition) is 2. The van der Waals surface area contributed by atoms with Crippen molar-refractivity contribution in [1.82, 2.24) is 10.2 Å². The summed E-state index contributed by atoms with van der Waals surface area (Å²) in [5.74, 6) is -0.143. The normalized spacial score (nSPS) is 10.4. The van der Waals surface area contributed by atoms with Crippen molar-refractivity contribution in [3.63, 3.8) is 0 Å². The number of rotatable bonds is 7. The summed E-state index contributed by atoms with van der Waals surface area (Å²) in [5, 5.41) is 3.48. The van der Waals surface area contributed by atoms with Crippen molar-refractivity contribution in [1.29, 1.82) is 0 Å². The maximum Gasteiger partial charge on any atom is 0.222 e. The van der Waals surface area contributed by atoms with Crippen molar-refractivity contribution >= 4 is 23.4 Å². The molecule has 0 saturated carbocycles. The maximum absolute atomic E-state index is 12.1. The van der Waals surface area contributed by atoms with E-state index in [0.29, 0.717) is 24.7 Å². The van der Waals surface area contributed by atoms with E-state index >= 15 is 0 Å². The molecule has 2 rings (SSSR count). The van der Waals surface area contributed by atoms with Crippen LogP contribution in [0.15, 0.2) is 48.5 Å². The fourth-order valence-corrected chi connectivity index (χ4v) is 2.74. The third kappa shape index (κ3) is 6.24. The Balaban J connectivity index is 1.85. The molecule has 0 unspecified atom stereocenters. The van der Waals surface area contributed by atoms with Gasteiger partial charge in [-0.25, -0.2) is 0 Å². The van der Waals surface area contributed by atoms with Crippen LogP contribution in [0.3, 0.4) is 0 Å². The molecule has 0 aromatic heterocycles. The second kappa shape index (κ2) is 9.23. The second-order valence-corrected chi connectivity index (χ2v) is 6.45. The zero-order valence-corrected chi connectivity index (χ0v) is 15.3. The number of halogens is 1. The largest absolute Gasteiger partial charge is 0.352 e. The average molecular weight is 359 g/mol. The molecule has 0 radical (unpaired) electrons. The Hall–Kier alpha value is -2.33. The maximum atomic E-state index is 12.1. The van der Waals surface area contributed by atoms with Crippen LogP contribution in [0.25, 0.3) is 0 Å². The molecule has 0 fully saturated rings. The molecule has 2 aromatic rings. The molecule has 1 N–H and O–H groups in total. The van der Waals surface area contributed by atoms with E-state index in [-0.39, 0.29) is 18.2 Å². The van der Waals surface area contributed by atoms with Crippen LogP contribution in [-0.2, 0) is 22.7 Å². The predicted molar refractivity (Wildman–Crippen MR) is 100 cm³/mol. The van der Waals surface area contributed by atoms with Gasteiger partial charge < -0.3 is 10.2 Å². The van der Waals surface area contributed by atoms with Crippen LogP contribution < -0.4 is 5.32 Å². The summed E-state index contributed by atoms with van der Waals surface area (Å²) < 4.78 is 0. The number of carbonyl (C=O) groups excluding carboxylic acids is 2. The summed E-state index contributed by atoms with van der Waals surface area (Å²) in [6.45, 7) is 4.82. The Kier molecular flexibility index (Phi) is 7.02. The van der Waals surface area contributed by atoms with Gasteiger partial charge >= 0.3 is 0 Å². The lowest BCUT2D eigenvalue weighted by Crippen LogP contribution is -2.33. The number of benzene rings is 2. The first-order chi connectivity index (χ1) is 12.0. The van der Waals surface area contributed by atoms with Crippen LogP contribution in [0.2, 0.25) is 5.02 Å². The van der Waals surface area contributed by atoms with Gasteiger partial charge in [0.05, 0.1) is 0 Å². The van der Waals surface area contributed by atoms with Crippen LogP contribution in [0.1, 0.15) is 30.0 Å². The smallest absolute Gasteiger partial charge is 0.222 e. The van der Waals surface area contributed by atoms with E-state index in [1.165, 1.54) is 6.92 Å². The lowest BCUT2D eigenvalue weighted by molar-refractivity contribution is -0.130. The van der Waals surface area contributed by atoms with Gasteiger partial charge in [0.25, 0.3) is 0 Å². The van der Waals surface area contributed by atoms with E-state index in [4.69, 9.17) is 11.6 Å². The third-order valence-corrected chi connectivity index (χ3v) is 4.31. The van der Waals surface area contributed by atoms with Crippen LogP contribution in [0.5, 0.6) is 0 Å². The van der Waals surface area contributed by atoms with Crippen molar-refractivity contribution in [3.05, 3.63) is 70.2 Å². The molecule has 0 aliphatic heterocycles. The highest BCUT2D eigenvalue weighted by Gasteiger charge is 2.12. The average Bonchev–Trinajstić information content (AvgIpc) is 2.57. The molecule has 0 aliphatic carbocycles. The highest BCUT2D eigenvalue weighted by molar-refractivity contribution is 6.31. The predicted octanol–water partition coefficient (Wildman–Crippen LogP) is 3.70. The summed E-state index contributed by atoms with van der Waals surface area (Å²) in [5.41, 5.74) is 3.09. The van der Waals surface area contributed by atoms with Gasteiger partial charge in [0.1, 0.15) is 0 Å². The SMILES string of the molecule is CC(=O)N(CCC(=O)NCc1ccccc1Cl)Cc1cccc(C)c1. The van der Waals surface area contributed by atoms with E-state index in [0.717, 1.165) is 16.7 Å². The lowest BCUT2D eigenvalue weighted by Gasteiger charge is -2.21. The number of aryl methyl sites for hydroxylation is 1. The molecule has 0 heterocycles. The molecule has 2 aromatic carbocycles. The molecular weight excluding hydrogens is 336 g/mol. The molecule has 0 saturated heterocycles. The number of amides is 2. The zero-order chi connectivity index (χ0) is 18.2. The summed E-state index contributed by atoms with van der Waals surface area (Å²) in [7, 11) is 0. The van der Waals surface area contributed by atoms with Crippen molar-refractivity contribution in [2.75, 3.05) is 6.54 Å². The van der Waals surface area contributed by atoms with Crippen LogP contribution >= 0.6 is 11.6 Å². The van der Waals surface area contributed by atoms with Gasteiger partial charge in [0.15, 0.2) is 0 Å². The number of nitrogens with one attached hydrogen (secondary N) is 1. The first-order valence-corrected chi connectivity index (χ1v) is 8.64. The highest BCUT2D eigenvalue weighted by atomic mass is 35.5. The molecule has 0 bridgehead atoms. The van der Waals surface area contributed by atoms with Crippen LogP contribution in [0.4, 0.5) is 0 Å². The molecule has 0 atom stereocenters. The standard InChI is InChI=1S/C20H23ClN2O2/c1-15-6-5-7-17(12-15)14-23(16(2)24)11-10-20(25)22-13-18-8-3-4-9-19(18)21/h3-9,12H,10-11,13-14H2,1-2H3,(H,22,25). The highest BCUT2D eigenvalue weighted by Crippen LogP contribution is 2.14. The first kappa shape index (κ1) is 19.0. The topological polar surface area (TPSA) is 49.4 Å². The Labute approximate surface area is 153 Å². The Morgan fingerprint density at radius 3 is 2.56 bits per heavy atom. The number of nitrogens with zero attached hydrogens (tertiary/aromatic N) is 1.